The molecule has 1 unspecified atom stereocenters. The van der Waals surface area contributed by atoms with Crippen molar-refractivity contribution >= 4 is 23.2 Å². The number of amides is 2. The van der Waals surface area contributed by atoms with Crippen molar-refractivity contribution in [3.8, 4) is 0 Å². The van der Waals surface area contributed by atoms with Crippen LogP contribution in [0.25, 0.3) is 0 Å². The second-order valence-electron chi connectivity index (χ2n) is 5.16. The predicted molar refractivity (Wildman–Crippen MR) is 81.2 cm³/mol. The maximum atomic E-state index is 12.6. The molecule has 1 atom stereocenters. The van der Waals surface area contributed by atoms with Crippen molar-refractivity contribution < 1.29 is 9.59 Å². The third-order valence-electron chi connectivity index (χ3n) is 3.73. The van der Waals surface area contributed by atoms with Gasteiger partial charge in [0.1, 0.15) is 6.04 Å². The number of piperazine rings is 1. The Labute approximate surface area is 124 Å². The molecule has 0 bridgehead atoms. The summed E-state index contributed by atoms with van der Waals surface area (Å²) in [6.45, 7) is 7.29. The molecule has 2 heterocycles. The number of thiophene rings is 1. The number of rotatable bonds is 4. The molecule has 20 heavy (non-hydrogen) atoms. The minimum Gasteiger partial charge on any atom is -0.353 e. The zero-order chi connectivity index (χ0) is 14.7. The topological polar surface area (TPSA) is 49.4 Å². The largest absolute Gasteiger partial charge is 0.353 e. The number of hydrogen-bond donors (Lipinski definition) is 1. The van der Waals surface area contributed by atoms with E-state index in [1.54, 1.807) is 16.2 Å². The minimum atomic E-state index is -0.326. The van der Waals surface area contributed by atoms with Crippen molar-refractivity contribution in [3.05, 3.63) is 21.4 Å². The van der Waals surface area contributed by atoms with Crippen LogP contribution in [0.3, 0.4) is 0 Å². The molecule has 2 amide bonds. The number of aryl methyl sites for hydroxylation is 2. The zero-order valence-electron chi connectivity index (χ0n) is 12.4. The van der Waals surface area contributed by atoms with E-state index in [-0.39, 0.29) is 17.9 Å². The van der Waals surface area contributed by atoms with Crippen molar-refractivity contribution in [1.29, 1.82) is 0 Å². The lowest BCUT2D eigenvalue weighted by molar-refractivity contribution is -0.127. The van der Waals surface area contributed by atoms with Gasteiger partial charge in [-0.2, -0.15) is 0 Å². The molecule has 1 aliphatic heterocycles. The standard InChI is InChI=1S/C15H22N2O2S/c1-4-6-11-9-13(20-10(11)3)15(19)17-8-7-16-14(18)12(17)5-2/h9,12H,4-8H2,1-3H3,(H,16,18). The summed E-state index contributed by atoms with van der Waals surface area (Å²) in [6, 6.07) is 1.68. The van der Waals surface area contributed by atoms with Crippen LogP contribution in [0.5, 0.6) is 0 Å². The van der Waals surface area contributed by atoms with Crippen molar-refractivity contribution in [3.63, 3.8) is 0 Å². The van der Waals surface area contributed by atoms with Crippen LogP contribution in [0, 0.1) is 6.92 Å². The Kier molecular flexibility index (Phi) is 4.81. The Hall–Kier alpha value is -1.36. The Balaban J connectivity index is 2.21. The summed E-state index contributed by atoms with van der Waals surface area (Å²) in [7, 11) is 0. The lowest BCUT2D eigenvalue weighted by Gasteiger charge is -2.34. The van der Waals surface area contributed by atoms with E-state index in [9.17, 15) is 9.59 Å². The van der Waals surface area contributed by atoms with Crippen LogP contribution in [0.1, 0.15) is 46.8 Å². The van der Waals surface area contributed by atoms with Crippen LogP contribution < -0.4 is 5.32 Å². The lowest BCUT2D eigenvalue weighted by Crippen LogP contribution is -2.56. The molecular formula is C15H22N2O2S. The van der Waals surface area contributed by atoms with E-state index in [0.717, 1.165) is 17.7 Å². The summed E-state index contributed by atoms with van der Waals surface area (Å²) in [4.78, 5) is 28.2. The highest BCUT2D eigenvalue weighted by Crippen LogP contribution is 2.25. The van der Waals surface area contributed by atoms with Crippen molar-refractivity contribution in [2.75, 3.05) is 13.1 Å². The van der Waals surface area contributed by atoms with E-state index >= 15 is 0 Å². The molecule has 1 saturated heterocycles. The monoisotopic (exact) mass is 294 g/mol. The van der Waals surface area contributed by atoms with Gasteiger partial charge in [0.05, 0.1) is 4.88 Å². The molecule has 110 valence electrons. The van der Waals surface area contributed by atoms with Crippen molar-refractivity contribution in [2.45, 2.75) is 46.1 Å². The van der Waals surface area contributed by atoms with Gasteiger partial charge in [-0.1, -0.05) is 20.3 Å². The Bertz CT molecular complexity index is 510. The number of nitrogens with one attached hydrogen (secondary N) is 1. The molecule has 0 saturated carbocycles. The van der Waals surface area contributed by atoms with Crippen LogP contribution in [-0.2, 0) is 11.2 Å². The number of carbonyl (C=O) groups excluding carboxylic acids is 2. The highest BCUT2D eigenvalue weighted by molar-refractivity contribution is 7.14. The third kappa shape index (κ3) is 2.87. The summed E-state index contributed by atoms with van der Waals surface area (Å²) >= 11 is 1.55. The smallest absolute Gasteiger partial charge is 0.264 e. The maximum Gasteiger partial charge on any atom is 0.264 e. The normalized spacial score (nSPS) is 19.1. The Morgan fingerprint density at radius 3 is 2.90 bits per heavy atom. The SMILES string of the molecule is CCCc1cc(C(=O)N2CCNC(=O)C2CC)sc1C. The van der Waals surface area contributed by atoms with Gasteiger partial charge >= 0.3 is 0 Å². The second-order valence-corrected chi connectivity index (χ2v) is 6.41. The Morgan fingerprint density at radius 2 is 2.25 bits per heavy atom. The van der Waals surface area contributed by atoms with Gasteiger partial charge in [-0.25, -0.2) is 0 Å². The summed E-state index contributed by atoms with van der Waals surface area (Å²) < 4.78 is 0. The number of nitrogens with zero attached hydrogens (tertiary/aromatic N) is 1. The lowest BCUT2D eigenvalue weighted by atomic mass is 10.1. The number of carbonyl (C=O) groups is 2. The highest BCUT2D eigenvalue weighted by Gasteiger charge is 2.32. The summed E-state index contributed by atoms with van der Waals surface area (Å²) in [5.74, 6) is -0.0312. The fraction of sp³-hybridized carbons (Fsp3) is 0.600. The average molecular weight is 294 g/mol. The highest BCUT2D eigenvalue weighted by atomic mass is 32.1. The molecular weight excluding hydrogens is 272 g/mol. The van der Waals surface area contributed by atoms with Crippen LogP contribution >= 0.6 is 11.3 Å². The fourth-order valence-corrected chi connectivity index (χ4v) is 3.68. The fourth-order valence-electron chi connectivity index (χ4n) is 2.65. The first-order valence-electron chi connectivity index (χ1n) is 7.26. The van der Waals surface area contributed by atoms with E-state index in [1.807, 2.05) is 13.0 Å². The van der Waals surface area contributed by atoms with E-state index < -0.39 is 0 Å². The molecule has 5 heteroatoms. The van der Waals surface area contributed by atoms with Crippen LogP contribution in [0.15, 0.2) is 6.07 Å². The van der Waals surface area contributed by atoms with Gasteiger partial charge in [-0.15, -0.1) is 11.3 Å². The molecule has 4 nitrogen and oxygen atoms in total. The third-order valence-corrected chi connectivity index (χ3v) is 4.81. The molecule has 0 spiro atoms. The van der Waals surface area contributed by atoms with E-state index in [0.29, 0.717) is 19.5 Å². The second kappa shape index (κ2) is 6.39. The van der Waals surface area contributed by atoms with E-state index in [1.165, 1.54) is 10.4 Å². The van der Waals surface area contributed by atoms with Gasteiger partial charge in [-0.3, -0.25) is 9.59 Å². The average Bonchev–Trinajstić information content (AvgIpc) is 2.79. The molecule has 1 aromatic heterocycles. The molecule has 0 aliphatic carbocycles. The first kappa shape index (κ1) is 15.0. The van der Waals surface area contributed by atoms with Gasteiger partial charge in [-0.05, 0) is 31.4 Å². The first-order chi connectivity index (χ1) is 9.58. The minimum absolute atomic E-state index is 0.00199. The molecule has 2 rings (SSSR count). The molecule has 0 aromatic carbocycles. The summed E-state index contributed by atoms with van der Waals surface area (Å²) in [6.07, 6.45) is 2.74. The van der Waals surface area contributed by atoms with Gasteiger partial charge in [0, 0.05) is 18.0 Å². The van der Waals surface area contributed by atoms with Gasteiger partial charge in [0.2, 0.25) is 5.91 Å². The molecule has 1 aromatic rings. The predicted octanol–water partition coefficient (Wildman–Crippen LogP) is 2.36. The van der Waals surface area contributed by atoms with E-state index in [4.69, 9.17) is 0 Å². The van der Waals surface area contributed by atoms with Crippen LogP contribution in [0.2, 0.25) is 0 Å². The van der Waals surface area contributed by atoms with Gasteiger partial charge in [0.15, 0.2) is 0 Å². The van der Waals surface area contributed by atoms with Gasteiger partial charge in [0.25, 0.3) is 5.91 Å². The van der Waals surface area contributed by atoms with Crippen LogP contribution in [-0.4, -0.2) is 35.8 Å². The van der Waals surface area contributed by atoms with Crippen molar-refractivity contribution in [2.24, 2.45) is 0 Å². The van der Waals surface area contributed by atoms with E-state index in [2.05, 4.69) is 19.2 Å². The molecule has 1 aliphatic rings. The summed E-state index contributed by atoms with van der Waals surface area (Å²) in [5.41, 5.74) is 1.26. The first-order valence-corrected chi connectivity index (χ1v) is 8.08. The van der Waals surface area contributed by atoms with Crippen LogP contribution in [0.4, 0.5) is 0 Å². The summed E-state index contributed by atoms with van der Waals surface area (Å²) in [5, 5.41) is 2.83. The molecule has 0 radical (unpaired) electrons. The van der Waals surface area contributed by atoms with Crippen molar-refractivity contribution in [1.82, 2.24) is 10.2 Å². The number of hydrogen-bond acceptors (Lipinski definition) is 3. The Morgan fingerprint density at radius 1 is 1.50 bits per heavy atom. The zero-order valence-corrected chi connectivity index (χ0v) is 13.2. The quantitative estimate of drug-likeness (QED) is 0.927. The van der Waals surface area contributed by atoms with Gasteiger partial charge < -0.3 is 10.2 Å². The molecule has 1 fully saturated rings. The molecule has 1 N–H and O–H groups in total. The maximum absolute atomic E-state index is 12.6.